The van der Waals surface area contributed by atoms with Gasteiger partial charge in [0, 0.05) is 13.0 Å². The molecule has 0 bridgehead atoms. The standard InChI is InChI=1S/C15H16N6O/c1-20-14(18-19-15(20)11-2-3-11)8-22-13-6-4-12(5-7-13)21-10-16-9-17-21/h4-7,9-11H,2-3,8H2,1H3. The second-order valence-electron chi connectivity index (χ2n) is 5.43. The third-order valence-electron chi connectivity index (χ3n) is 3.83. The summed E-state index contributed by atoms with van der Waals surface area (Å²) in [6.07, 6.45) is 5.61. The maximum atomic E-state index is 5.79. The van der Waals surface area contributed by atoms with Crippen molar-refractivity contribution >= 4 is 0 Å². The van der Waals surface area contributed by atoms with Crippen molar-refractivity contribution in [1.82, 2.24) is 29.5 Å². The van der Waals surface area contributed by atoms with Gasteiger partial charge in [-0.3, -0.25) is 0 Å². The van der Waals surface area contributed by atoms with Crippen molar-refractivity contribution in [1.29, 1.82) is 0 Å². The summed E-state index contributed by atoms with van der Waals surface area (Å²) in [5, 5.41) is 12.6. The van der Waals surface area contributed by atoms with Gasteiger partial charge in [0.1, 0.15) is 30.8 Å². The molecule has 0 unspecified atom stereocenters. The van der Waals surface area contributed by atoms with Crippen molar-refractivity contribution in [2.24, 2.45) is 7.05 Å². The van der Waals surface area contributed by atoms with Gasteiger partial charge in [-0.2, -0.15) is 5.10 Å². The molecule has 1 fully saturated rings. The number of hydrogen-bond acceptors (Lipinski definition) is 5. The molecule has 22 heavy (non-hydrogen) atoms. The Kier molecular flexibility index (Phi) is 3.10. The van der Waals surface area contributed by atoms with E-state index in [1.54, 1.807) is 11.0 Å². The van der Waals surface area contributed by atoms with Crippen LogP contribution in [0.2, 0.25) is 0 Å². The first-order chi connectivity index (χ1) is 10.8. The molecule has 2 heterocycles. The molecule has 4 rings (SSSR count). The Hall–Kier alpha value is -2.70. The lowest BCUT2D eigenvalue weighted by Crippen LogP contribution is -2.05. The molecule has 1 saturated carbocycles. The maximum absolute atomic E-state index is 5.79. The van der Waals surface area contributed by atoms with Crippen LogP contribution in [0.25, 0.3) is 5.69 Å². The Labute approximate surface area is 127 Å². The third kappa shape index (κ3) is 2.45. The molecule has 0 aliphatic heterocycles. The highest BCUT2D eigenvalue weighted by Gasteiger charge is 2.29. The van der Waals surface area contributed by atoms with E-state index >= 15 is 0 Å². The number of ether oxygens (including phenoxy) is 1. The van der Waals surface area contributed by atoms with Gasteiger partial charge in [0.2, 0.25) is 0 Å². The molecular formula is C15H16N6O. The minimum absolute atomic E-state index is 0.416. The summed E-state index contributed by atoms with van der Waals surface area (Å²) in [5.74, 6) is 3.30. The number of benzene rings is 1. The Morgan fingerprint density at radius 3 is 2.68 bits per heavy atom. The minimum Gasteiger partial charge on any atom is -0.486 e. The van der Waals surface area contributed by atoms with Gasteiger partial charge in [0.25, 0.3) is 0 Å². The molecule has 0 radical (unpaired) electrons. The molecule has 0 saturated heterocycles. The van der Waals surface area contributed by atoms with Crippen LogP contribution in [0.5, 0.6) is 5.75 Å². The van der Waals surface area contributed by atoms with E-state index in [0.717, 1.165) is 23.1 Å². The fraction of sp³-hybridized carbons (Fsp3) is 0.333. The van der Waals surface area contributed by atoms with E-state index in [9.17, 15) is 0 Å². The number of hydrogen-bond donors (Lipinski definition) is 0. The fourth-order valence-corrected chi connectivity index (χ4v) is 2.38. The molecule has 0 amide bonds. The average molecular weight is 296 g/mol. The number of aromatic nitrogens is 6. The molecule has 2 aromatic heterocycles. The van der Waals surface area contributed by atoms with Crippen LogP contribution in [-0.2, 0) is 13.7 Å². The molecule has 1 aromatic carbocycles. The van der Waals surface area contributed by atoms with E-state index in [1.165, 1.54) is 19.2 Å². The molecule has 0 atom stereocenters. The molecule has 112 valence electrons. The molecule has 0 N–H and O–H groups in total. The van der Waals surface area contributed by atoms with Gasteiger partial charge in [0.15, 0.2) is 5.82 Å². The summed E-state index contributed by atoms with van der Waals surface area (Å²) < 4.78 is 9.54. The lowest BCUT2D eigenvalue weighted by Gasteiger charge is -2.07. The monoisotopic (exact) mass is 296 g/mol. The first kappa shape index (κ1) is 13.0. The topological polar surface area (TPSA) is 70.7 Å². The van der Waals surface area contributed by atoms with Gasteiger partial charge in [0.05, 0.1) is 5.69 Å². The second-order valence-corrected chi connectivity index (χ2v) is 5.43. The Bertz CT molecular complexity index is 758. The van der Waals surface area contributed by atoms with E-state index in [2.05, 4.69) is 20.3 Å². The van der Waals surface area contributed by atoms with Gasteiger partial charge in [-0.05, 0) is 37.1 Å². The minimum atomic E-state index is 0.416. The highest BCUT2D eigenvalue weighted by Crippen LogP contribution is 2.38. The molecule has 7 nitrogen and oxygen atoms in total. The van der Waals surface area contributed by atoms with Crippen LogP contribution in [0.15, 0.2) is 36.9 Å². The van der Waals surface area contributed by atoms with Gasteiger partial charge < -0.3 is 9.30 Å². The van der Waals surface area contributed by atoms with Crippen LogP contribution in [0.1, 0.15) is 30.4 Å². The van der Waals surface area contributed by atoms with Crippen molar-refractivity contribution in [3.63, 3.8) is 0 Å². The van der Waals surface area contributed by atoms with E-state index in [1.807, 2.05) is 35.9 Å². The van der Waals surface area contributed by atoms with E-state index < -0.39 is 0 Å². The summed E-state index contributed by atoms with van der Waals surface area (Å²) in [4.78, 5) is 3.93. The largest absolute Gasteiger partial charge is 0.486 e. The zero-order valence-electron chi connectivity index (χ0n) is 12.3. The second kappa shape index (κ2) is 5.25. The molecular weight excluding hydrogens is 280 g/mol. The first-order valence-corrected chi connectivity index (χ1v) is 7.27. The van der Waals surface area contributed by atoms with E-state index in [-0.39, 0.29) is 0 Å². The number of nitrogens with zero attached hydrogens (tertiary/aromatic N) is 6. The Balaban J connectivity index is 1.43. The molecule has 1 aliphatic carbocycles. The zero-order valence-corrected chi connectivity index (χ0v) is 12.3. The summed E-state index contributed by atoms with van der Waals surface area (Å²) in [7, 11) is 2.00. The van der Waals surface area contributed by atoms with Crippen LogP contribution < -0.4 is 4.74 Å². The van der Waals surface area contributed by atoms with Crippen LogP contribution >= 0.6 is 0 Å². The van der Waals surface area contributed by atoms with Gasteiger partial charge in [-0.15, -0.1) is 10.2 Å². The Morgan fingerprint density at radius 2 is 2.00 bits per heavy atom. The van der Waals surface area contributed by atoms with Crippen molar-refractivity contribution < 1.29 is 4.74 Å². The maximum Gasteiger partial charge on any atom is 0.170 e. The van der Waals surface area contributed by atoms with Crippen LogP contribution in [-0.4, -0.2) is 29.5 Å². The summed E-state index contributed by atoms with van der Waals surface area (Å²) in [5.41, 5.74) is 0.944. The average Bonchev–Trinajstić information content (AvgIpc) is 3.10. The van der Waals surface area contributed by atoms with Crippen LogP contribution in [0, 0.1) is 0 Å². The lowest BCUT2D eigenvalue weighted by atomic mass is 10.3. The third-order valence-corrected chi connectivity index (χ3v) is 3.83. The van der Waals surface area contributed by atoms with E-state index in [0.29, 0.717) is 12.5 Å². The molecule has 0 spiro atoms. The van der Waals surface area contributed by atoms with Crippen molar-refractivity contribution in [3.05, 3.63) is 48.6 Å². The van der Waals surface area contributed by atoms with Crippen molar-refractivity contribution in [2.75, 3.05) is 0 Å². The predicted octanol–water partition coefficient (Wildman–Crippen LogP) is 1.85. The Morgan fingerprint density at radius 1 is 1.18 bits per heavy atom. The normalized spacial score (nSPS) is 14.2. The van der Waals surface area contributed by atoms with E-state index in [4.69, 9.17) is 4.74 Å². The highest BCUT2D eigenvalue weighted by molar-refractivity contribution is 5.36. The summed E-state index contributed by atoms with van der Waals surface area (Å²) in [6, 6.07) is 7.71. The number of rotatable bonds is 5. The predicted molar refractivity (Wildman–Crippen MR) is 78.7 cm³/mol. The molecule has 3 aromatic rings. The smallest absolute Gasteiger partial charge is 0.170 e. The fourth-order valence-electron chi connectivity index (χ4n) is 2.38. The molecule has 7 heteroatoms. The first-order valence-electron chi connectivity index (χ1n) is 7.27. The SMILES string of the molecule is Cn1c(COc2ccc(-n3cncn3)cc2)nnc1C1CC1. The van der Waals surface area contributed by atoms with Crippen molar-refractivity contribution in [3.8, 4) is 11.4 Å². The van der Waals surface area contributed by atoms with Gasteiger partial charge in [-0.25, -0.2) is 9.67 Å². The molecule has 1 aliphatic rings. The quantitative estimate of drug-likeness (QED) is 0.718. The van der Waals surface area contributed by atoms with Crippen LogP contribution in [0.4, 0.5) is 0 Å². The summed E-state index contributed by atoms with van der Waals surface area (Å²) in [6.45, 7) is 0.416. The van der Waals surface area contributed by atoms with Gasteiger partial charge in [-0.1, -0.05) is 0 Å². The summed E-state index contributed by atoms with van der Waals surface area (Å²) >= 11 is 0. The van der Waals surface area contributed by atoms with Crippen LogP contribution in [0.3, 0.4) is 0 Å². The highest BCUT2D eigenvalue weighted by atomic mass is 16.5. The van der Waals surface area contributed by atoms with Crippen molar-refractivity contribution in [2.45, 2.75) is 25.4 Å². The zero-order chi connectivity index (χ0) is 14.9. The lowest BCUT2D eigenvalue weighted by molar-refractivity contribution is 0.291. The van der Waals surface area contributed by atoms with Gasteiger partial charge >= 0.3 is 0 Å².